The number of nitrogens with one attached hydrogen (secondary N) is 1. The number of aryl methyl sites for hydroxylation is 1. The number of pyridine rings is 1. The molecule has 1 atom stereocenters. The van der Waals surface area contributed by atoms with Crippen LogP contribution in [-0.4, -0.2) is 17.8 Å². The van der Waals surface area contributed by atoms with Crippen LogP contribution in [0.4, 0.5) is 0 Å². The number of hydrogen-bond acceptors (Lipinski definition) is 5. The molecule has 5 heteroatoms. The zero-order chi connectivity index (χ0) is 14.4. The number of aromatic nitrogens is 1. The van der Waals surface area contributed by atoms with Crippen LogP contribution in [0.1, 0.15) is 17.2 Å². The molecule has 3 N–H and O–H groups in total. The summed E-state index contributed by atoms with van der Waals surface area (Å²) in [5, 5.41) is 0. The van der Waals surface area contributed by atoms with E-state index >= 15 is 0 Å². The van der Waals surface area contributed by atoms with Crippen molar-refractivity contribution in [2.45, 2.75) is 17.9 Å². The molecule has 1 unspecified atom stereocenters. The lowest BCUT2D eigenvalue weighted by Crippen LogP contribution is -2.29. The number of ether oxygens (including phenoxy) is 1. The van der Waals surface area contributed by atoms with Gasteiger partial charge in [-0.15, -0.1) is 11.8 Å². The Labute approximate surface area is 123 Å². The molecular weight excluding hydrogens is 270 g/mol. The summed E-state index contributed by atoms with van der Waals surface area (Å²) in [5.74, 6) is 7.23. The molecule has 106 valence electrons. The largest absolute Gasteiger partial charge is 0.495 e. The molecule has 1 aromatic carbocycles. The second kappa shape index (κ2) is 7.28. The Morgan fingerprint density at radius 3 is 2.90 bits per heavy atom. The van der Waals surface area contributed by atoms with E-state index in [4.69, 9.17) is 10.6 Å². The van der Waals surface area contributed by atoms with Gasteiger partial charge in [-0.1, -0.05) is 17.7 Å². The Hall–Kier alpha value is -1.56. The van der Waals surface area contributed by atoms with E-state index in [1.807, 2.05) is 12.3 Å². The fourth-order valence-corrected chi connectivity index (χ4v) is 2.95. The molecule has 0 radical (unpaired) electrons. The topological polar surface area (TPSA) is 60.2 Å². The Bertz CT molecular complexity index is 562. The van der Waals surface area contributed by atoms with Crippen LogP contribution in [0.15, 0.2) is 47.6 Å². The third kappa shape index (κ3) is 3.96. The Kier molecular flexibility index (Phi) is 5.40. The van der Waals surface area contributed by atoms with Gasteiger partial charge in [-0.05, 0) is 30.7 Å². The quantitative estimate of drug-likeness (QED) is 0.486. The zero-order valence-corrected chi connectivity index (χ0v) is 12.5. The van der Waals surface area contributed by atoms with Gasteiger partial charge >= 0.3 is 0 Å². The van der Waals surface area contributed by atoms with Crippen LogP contribution in [0.25, 0.3) is 0 Å². The van der Waals surface area contributed by atoms with Gasteiger partial charge in [-0.25, -0.2) is 0 Å². The van der Waals surface area contributed by atoms with Crippen LogP contribution < -0.4 is 16.0 Å². The first-order chi connectivity index (χ1) is 9.72. The maximum Gasteiger partial charge on any atom is 0.137 e. The molecule has 0 spiro atoms. The molecule has 0 saturated heterocycles. The van der Waals surface area contributed by atoms with Crippen LogP contribution in [0.2, 0.25) is 0 Å². The van der Waals surface area contributed by atoms with E-state index in [1.54, 1.807) is 25.1 Å². The lowest BCUT2D eigenvalue weighted by Gasteiger charge is -2.16. The van der Waals surface area contributed by atoms with E-state index in [-0.39, 0.29) is 6.04 Å². The summed E-state index contributed by atoms with van der Waals surface area (Å²) in [6.07, 6.45) is 3.49. The summed E-state index contributed by atoms with van der Waals surface area (Å²) in [7, 11) is 1.63. The number of hydrazine groups is 1. The lowest BCUT2D eigenvalue weighted by molar-refractivity contribution is 0.411. The molecular formula is C15H19N3OS. The minimum absolute atomic E-state index is 0.0307. The van der Waals surface area contributed by atoms with Crippen LogP contribution in [-0.2, 0) is 0 Å². The van der Waals surface area contributed by atoms with Crippen molar-refractivity contribution in [3.63, 3.8) is 0 Å². The average Bonchev–Trinajstić information content (AvgIpc) is 2.48. The molecule has 0 aliphatic carbocycles. The number of nitrogens with zero attached hydrogens (tertiary/aromatic N) is 1. The predicted octanol–water partition coefficient (Wildman–Crippen LogP) is 2.70. The third-order valence-corrected chi connectivity index (χ3v) is 4.07. The van der Waals surface area contributed by atoms with Gasteiger partial charge in [0.2, 0.25) is 0 Å². The van der Waals surface area contributed by atoms with Crippen molar-refractivity contribution in [3.8, 4) is 5.75 Å². The molecule has 2 aromatic rings. The highest BCUT2D eigenvalue weighted by molar-refractivity contribution is 7.99. The smallest absolute Gasteiger partial charge is 0.137 e. The Balaban J connectivity index is 2.05. The van der Waals surface area contributed by atoms with Gasteiger partial charge in [0.15, 0.2) is 0 Å². The Morgan fingerprint density at radius 1 is 1.35 bits per heavy atom. The molecule has 1 heterocycles. The molecule has 4 nitrogen and oxygen atoms in total. The summed E-state index contributed by atoms with van der Waals surface area (Å²) in [6, 6.07) is 10.4. The molecule has 0 fully saturated rings. The van der Waals surface area contributed by atoms with Crippen molar-refractivity contribution >= 4 is 11.8 Å². The number of rotatable bonds is 6. The van der Waals surface area contributed by atoms with Gasteiger partial charge in [0.05, 0.1) is 19.3 Å². The third-order valence-electron chi connectivity index (χ3n) is 2.98. The number of benzene rings is 1. The van der Waals surface area contributed by atoms with E-state index in [0.717, 1.165) is 17.1 Å². The van der Waals surface area contributed by atoms with Crippen molar-refractivity contribution in [2.24, 2.45) is 5.84 Å². The number of nitrogens with two attached hydrogens (primary N) is 1. The molecule has 0 bridgehead atoms. The van der Waals surface area contributed by atoms with Crippen molar-refractivity contribution in [1.29, 1.82) is 0 Å². The first-order valence-corrected chi connectivity index (χ1v) is 7.36. The van der Waals surface area contributed by atoms with E-state index < -0.39 is 0 Å². The summed E-state index contributed by atoms with van der Waals surface area (Å²) >= 11 is 1.76. The van der Waals surface area contributed by atoms with Crippen LogP contribution in [0.5, 0.6) is 5.75 Å². The summed E-state index contributed by atoms with van der Waals surface area (Å²) in [4.78, 5) is 5.40. The molecule has 0 amide bonds. The summed E-state index contributed by atoms with van der Waals surface area (Å²) in [6.45, 7) is 2.09. The van der Waals surface area contributed by atoms with Gasteiger partial charge in [0.25, 0.3) is 0 Å². The average molecular weight is 289 g/mol. The Morgan fingerprint density at radius 2 is 2.20 bits per heavy atom. The van der Waals surface area contributed by atoms with Crippen LogP contribution >= 0.6 is 11.8 Å². The van der Waals surface area contributed by atoms with Gasteiger partial charge in [-0.2, -0.15) is 0 Å². The highest BCUT2D eigenvalue weighted by atomic mass is 32.2. The van der Waals surface area contributed by atoms with Gasteiger partial charge in [-0.3, -0.25) is 16.3 Å². The molecule has 0 saturated carbocycles. The molecule has 0 aliphatic heterocycles. The van der Waals surface area contributed by atoms with E-state index in [9.17, 15) is 0 Å². The zero-order valence-electron chi connectivity index (χ0n) is 11.7. The fourth-order valence-electron chi connectivity index (χ4n) is 1.86. The highest BCUT2D eigenvalue weighted by Crippen LogP contribution is 2.26. The standard InChI is InChI=1S/C15H19N3OS/c1-11-4-3-5-14(6-11)20-10-15(18-16)12-7-13(19-2)9-17-8-12/h3-9,15,18H,10,16H2,1-2H3. The number of methoxy groups -OCH3 is 1. The minimum Gasteiger partial charge on any atom is -0.495 e. The van der Waals surface area contributed by atoms with Gasteiger partial charge in [0.1, 0.15) is 5.75 Å². The summed E-state index contributed by atoms with van der Waals surface area (Å²) in [5.41, 5.74) is 5.12. The normalized spacial score (nSPS) is 12.2. The molecule has 20 heavy (non-hydrogen) atoms. The second-order valence-corrected chi connectivity index (χ2v) is 5.60. The monoisotopic (exact) mass is 289 g/mol. The van der Waals surface area contributed by atoms with Crippen molar-refractivity contribution in [3.05, 3.63) is 53.9 Å². The fraction of sp³-hybridized carbons (Fsp3) is 0.267. The molecule has 0 aliphatic rings. The van der Waals surface area contributed by atoms with E-state index in [1.165, 1.54) is 10.5 Å². The van der Waals surface area contributed by atoms with Crippen molar-refractivity contribution in [2.75, 3.05) is 12.9 Å². The summed E-state index contributed by atoms with van der Waals surface area (Å²) < 4.78 is 5.19. The van der Waals surface area contributed by atoms with E-state index in [0.29, 0.717) is 0 Å². The molecule has 2 rings (SSSR count). The van der Waals surface area contributed by atoms with Crippen LogP contribution in [0.3, 0.4) is 0 Å². The minimum atomic E-state index is 0.0307. The van der Waals surface area contributed by atoms with Gasteiger partial charge in [0, 0.05) is 16.8 Å². The van der Waals surface area contributed by atoms with Crippen molar-refractivity contribution in [1.82, 2.24) is 10.4 Å². The molecule has 1 aromatic heterocycles. The number of hydrogen-bond donors (Lipinski definition) is 2. The van der Waals surface area contributed by atoms with Crippen LogP contribution in [0, 0.1) is 6.92 Å². The lowest BCUT2D eigenvalue weighted by atomic mass is 10.1. The highest BCUT2D eigenvalue weighted by Gasteiger charge is 2.11. The van der Waals surface area contributed by atoms with Gasteiger partial charge < -0.3 is 4.74 Å². The number of thioether (sulfide) groups is 1. The van der Waals surface area contributed by atoms with Crippen molar-refractivity contribution < 1.29 is 4.74 Å². The first-order valence-electron chi connectivity index (χ1n) is 6.37. The SMILES string of the molecule is COc1cncc(C(CSc2cccc(C)c2)NN)c1. The van der Waals surface area contributed by atoms with E-state index in [2.05, 4.69) is 41.6 Å². The first kappa shape index (κ1) is 14.8. The maximum absolute atomic E-state index is 5.66. The maximum atomic E-state index is 5.66. The second-order valence-electron chi connectivity index (χ2n) is 4.50. The predicted molar refractivity (Wildman–Crippen MR) is 82.8 cm³/mol.